The van der Waals surface area contributed by atoms with Gasteiger partial charge in [-0.15, -0.1) is 0 Å². The van der Waals surface area contributed by atoms with Gasteiger partial charge in [0.05, 0.1) is 5.70 Å². The summed E-state index contributed by atoms with van der Waals surface area (Å²) >= 11 is 0. The van der Waals surface area contributed by atoms with Gasteiger partial charge in [-0.2, -0.15) is 0 Å². The Kier molecular flexibility index (Phi) is 3.76. The van der Waals surface area contributed by atoms with Crippen molar-refractivity contribution in [2.24, 2.45) is 4.99 Å². The van der Waals surface area contributed by atoms with Gasteiger partial charge < -0.3 is 5.32 Å². The maximum absolute atomic E-state index is 3.77. The van der Waals surface area contributed by atoms with Crippen molar-refractivity contribution in [2.45, 2.75) is 20.8 Å². The van der Waals surface area contributed by atoms with Gasteiger partial charge in [0.25, 0.3) is 0 Å². The molecule has 0 saturated carbocycles. The lowest BCUT2D eigenvalue weighted by molar-refractivity contribution is 0.835. The quantitative estimate of drug-likeness (QED) is 0.570. The van der Waals surface area contributed by atoms with Crippen LogP contribution in [-0.4, -0.2) is 13.3 Å². The predicted octanol–water partition coefficient (Wildman–Crippen LogP) is 1.55. The van der Waals surface area contributed by atoms with E-state index in [0.29, 0.717) is 0 Å². The summed E-state index contributed by atoms with van der Waals surface area (Å²) in [5.41, 5.74) is 2.07. The Labute approximate surface area is 56.7 Å². The van der Waals surface area contributed by atoms with E-state index in [4.69, 9.17) is 0 Å². The molecule has 2 heteroatoms. The van der Waals surface area contributed by atoms with Crippen LogP contribution in [0.5, 0.6) is 0 Å². The Morgan fingerprint density at radius 3 is 2.44 bits per heavy atom. The van der Waals surface area contributed by atoms with E-state index in [-0.39, 0.29) is 0 Å². The highest BCUT2D eigenvalue weighted by molar-refractivity contribution is 5.29. The van der Waals surface area contributed by atoms with Crippen LogP contribution in [0.4, 0.5) is 0 Å². The number of aliphatic imine (C=N–C) groups is 1. The average molecular weight is 126 g/mol. The molecule has 1 N–H and O–H groups in total. The molecule has 9 heavy (non-hydrogen) atoms. The van der Waals surface area contributed by atoms with E-state index in [9.17, 15) is 0 Å². The standard InChI is InChI=1S/C7H14N2/c1-5-9-7(3)6(2)8-4/h9H,4-5H2,1-3H3/b7-6+. The molecule has 0 radical (unpaired) electrons. The van der Waals surface area contributed by atoms with Crippen LogP contribution in [0, 0.1) is 0 Å². The van der Waals surface area contributed by atoms with Gasteiger partial charge in [-0.1, -0.05) is 0 Å². The second-order valence-corrected chi connectivity index (χ2v) is 1.90. The Morgan fingerprint density at radius 2 is 2.11 bits per heavy atom. The van der Waals surface area contributed by atoms with E-state index >= 15 is 0 Å². The molecule has 0 amide bonds. The molecule has 0 aromatic carbocycles. The Balaban J connectivity index is 3.93. The summed E-state index contributed by atoms with van der Waals surface area (Å²) in [7, 11) is 0. The molecule has 0 aromatic rings. The molecule has 0 unspecified atom stereocenters. The lowest BCUT2D eigenvalue weighted by Crippen LogP contribution is -2.10. The first-order valence-corrected chi connectivity index (χ1v) is 3.10. The predicted molar refractivity (Wildman–Crippen MR) is 41.6 cm³/mol. The minimum Gasteiger partial charge on any atom is -0.387 e. The number of hydrogen-bond donors (Lipinski definition) is 1. The van der Waals surface area contributed by atoms with Crippen LogP contribution in [-0.2, 0) is 0 Å². The monoisotopic (exact) mass is 126 g/mol. The largest absolute Gasteiger partial charge is 0.387 e. The number of hydrogen-bond acceptors (Lipinski definition) is 2. The fourth-order valence-electron chi connectivity index (χ4n) is 0.512. The van der Waals surface area contributed by atoms with Crippen LogP contribution >= 0.6 is 0 Å². The van der Waals surface area contributed by atoms with E-state index in [2.05, 4.69) is 24.0 Å². The zero-order chi connectivity index (χ0) is 7.28. The lowest BCUT2D eigenvalue weighted by Gasteiger charge is -2.03. The summed E-state index contributed by atoms with van der Waals surface area (Å²) in [5, 5.41) is 3.14. The van der Waals surface area contributed by atoms with Crippen LogP contribution < -0.4 is 5.32 Å². The van der Waals surface area contributed by atoms with E-state index in [1.807, 2.05) is 13.8 Å². The molecule has 0 rings (SSSR count). The number of rotatable bonds is 3. The van der Waals surface area contributed by atoms with E-state index in [1.54, 1.807) is 0 Å². The molecule has 0 atom stereocenters. The van der Waals surface area contributed by atoms with E-state index in [0.717, 1.165) is 17.9 Å². The van der Waals surface area contributed by atoms with Crippen molar-refractivity contribution in [3.8, 4) is 0 Å². The average Bonchev–Trinajstić information content (AvgIpc) is 1.87. The Bertz CT molecular complexity index is 125. The first kappa shape index (κ1) is 8.21. The summed E-state index contributed by atoms with van der Waals surface area (Å²) in [5.74, 6) is 0. The van der Waals surface area contributed by atoms with Gasteiger partial charge in [0.15, 0.2) is 0 Å². The molecule has 0 aliphatic carbocycles. The van der Waals surface area contributed by atoms with E-state index in [1.165, 1.54) is 0 Å². The smallest absolute Gasteiger partial charge is 0.0551 e. The van der Waals surface area contributed by atoms with Gasteiger partial charge in [0.1, 0.15) is 0 Å². The van der Waals surface area contributed by atoms with Crippen molar-refractivity contribution in [1.29, 1.82) is 0 Å². The third kappa shape index (κ3) is 2.90. The van der Waals surface area contributed by atoms with Gasteiger partial charge in [0, 0.05) is 12.2 Å². The van der Waals surface area contributed by atoms with Crippen molar-refractivity contribution >= 4 is 6.72 Å². The molecule has 52 valence electrons. The van der Waals surface area contributed by atoms with Crippen LogP contribution in [0.2, 0.25) is 0 Å². The molecule has 0 heterocycles. The first-order valence-electron chi connectivity index (χ1n) is 3.10. The van der Waals surface area contributed by atoms with Crippen LogP contribution in [0.1, 0.15) is 20.8 Å². The lowest BCUT2D eigenvalue weighted by atomic mass is 10.4. The molecular weight excluding hydrogens is 112 g/mol. The summed E-state index contributed by atoms with van der Waals surface area (Å²) < 4.78 is 0. The van der Waals surface area contributed by atoms with Crippen molar-refractivity contribution in [2.75, 3.05) is 6.54 Å². The SMILES string of the molecule is C=N/C(C)=C(\C)NCC. The number of allylic oxidation sites excluding steroid dienone is 2. The van der Waals surface area contributed by atoms with Crippen molar-refractivity contribution in [3.05, 3.63) is 11.4 Å². The second kappa shape index (κ2) is 4.13. The van der Waals surface area contributed by atoms with Gasteiger partial charge in [0.2, 0.25) is 0 Å². The molecule has 0 bridgehead atoms. The summed E-state index contributed by atoms with van der Waals surface area (Å²) in [4.78, 5) is 3.77. The highest BCUT2D eigenvalue weighted by atomic mass is 14.9. The molecule has 0 spiro atoms. The molecular formula is C7H14N2. The Morgan fingerprint density at radius 1 is 1.56 bits per heavy atom. The number of nitrogens with zero attached hydrogens (tertiary/aromatic N) is 1. The summed E-state index contributed by atoms with van der Waals surface area (Å²) in [6, 6.07) is 0. The zero-order valence-corrected chi connectivity index (χ0v) is 6.36. The van der Waals surface area contributed by atoms with Gasteiger partial charge >= 0.3 is 0 Å². The molecule has 0 aliphatic heterocycles. The third-order valence-electron chi connectivity index (χ3n) is 1.22. The van der Waals surface area contributed by atoms with Crippen molar-refractivity contribution < 1.29 is 0 Å². The van der Waals surface area contributed by atoms with Crippen molar-refractivity contribution in [1.82, 2.24) is 5.32 Å². The van der Waals surface area contributed by atoms with Crippen LogP contribution in [0.15, 0.2) is 16.4 Å². The molecule has 0 aromatic heterocycles. The summed E-state index contributed by atoms with van der Waals surface area (Å²) in [6.07, 6.45) is 0. The highest BCUT2D eigenvalue weighted by Gasteiger charge is 1.88. The topological polar surface area (TPSA) is 24.4 Å². The fraction of sp³-hybridized carbons (Fsp3) is 0.571. The Hall–Kier alpha value is -0.790. The van der Waals surface area contributed by atoms with Crippen LogP contribution in [0.25, 0.3) is 0 Å². The molecule has 0 saturated heterocycles. The second-order valence-electron chi connectivity index (χ2n) is 1.90. The first-order chi connectivity index (χ1) is 4.22. The van der Waals surface area contributed by atoms with Gasteiger partial charge in [-0.3, -0.25) is 4.99 Å². The minimum absolute atomic E-state index is 0.943. The van der Waals surface area contributed by atoms with Gasteiger partial charge in [-0.05, 0) is 27.5 Å². The number of nitrogens with one attached hydrogen (secondary N) is 1. The summed E-state index contributed by atoms with van der Waals surface area (Å²) in [6.45, 7) is 10.3. The molecule has 0 fully saturated rings. The fourth-order valence-corrected chi connectivity index (χ4v) is 0.512. The highest BCUT2D eigenvalue weighted by Crippen LogP contribution is 1.98. The van der Waals surface area contributed by atoms with Crippen molar-refractivity contribution in [3.63, 3.8) is 0 Å². The maximum atomic E-state index is 3.77. The maximum Gasteiger partial charge on any atom is 0.0551 e. The minimum atomic E-state index is 0.943. The van der Waals surface area contributed by atoms with E-state index < -0.39 is 0 Å². The van der Waals surface area contributed by atoms with Crippen LogP contribution in [0.3, 0.4) is 0 Å². The zero-order valence-electron chi connectivity index (χ0n) is 6.36. The normalized spacial score (nSPS) is 12.3. The third-order valence-corrected chi connectivity index (χ3v) is 1.22. The molecule has 0 aliphatic rings. The van der Waals surface area contributed by atoms with Gasteiger partial charge in [-0.25, -0.2) is 0 Å². The molecule has 2 nitrogen and oxygen atoms in total.